The number of hydrogen-bond donors (Lipinski definition) is 2. The molecule has 44 heavy (non-hydrogen) atoms. The largest absolute Gasteiger partial charge is 0.493 e. The van der Waals surface area contributed by atoms with Gasteiger partial charge in [-0.2, -0.15) is 8.42 Å². The molecule has 0 saturated carbocycles. The van der Waals surface area contributed by atoms with E-state index in [0.29, 0.717) is 39.8 Å². The van der Waals surface area contributed by atoms with E-state index >= 15 is 0 Å². The van der Waals surface area contributed by atoms with Crippen molar-refractivity contribution in [2.24, 2.45) is 0 Å². The molecule has 0 atom stereocenters. The van der Waals surface area contributed by atoms with E-state index in [2.05, 4.69) is 0 Å². The Morgan fingerprint density at radius 2 is 1.52 bits per heavy atom. The molecule has 1 aliphatic rings. The van der Waals surface area contributed by atoms with Crippen LogP contribution in [0.15, 0.2) is 109 Å². The number of nitrogens with zero attached hydrogens (tertiary/aromatic N) is 3. The highest BCUT2D eigenvalue weighted by Crippen LogP contribution is 2.32. The maximum atomic E-state index is 12.3. The first-order valence-electron chi connectivity index (χ1n) is 13.7. The Kier molecular flexibility index (Phi) is 7.94. The van der Waals surface area contributed by atoms with E-state index in [1.165, 1.54) is 0 Å². The molecule has 4 aromatic carbocycles. The first kappa shape index (κ1) is 29.5. The van der Waals surface area contributed by atoms with Crippen LogP contribution in [0.25, 0.3) is 28.1 Å². The number of halogens is 2. The fourth-order valence-corrected chi connectivity index (χ4v) is 6.56. The van der Waals surface area contributed by atoms with Gasteiger partial charge in [-0.25, -0.2) is 14.0 Å². The number of hydrogen-bond acceptors (Lipinski definition) is 5. The zero-order valence-corrected chi connectivity index (χ0v) is 25.7. The van der Waals surface area contributed by atoms with Crippen molar-refractivity contribution in [3.63, 3.8) is 0 Å². The number of nitrogens with one attached hydrogen (secondary N) is 1. The molecule has 0 saturated heterocycles. The van der Waals surface area contributed by atoms with Gasteiger partial charge in [0.1, 0.15) is 5.82 Å². The molecule has 0 spiro atoms. The number of rotatable bonds is 8. The van der Waals surface area contributed by atoms with Crippen LogP contribution in [0.3, 0.4) is 0 Å². The molecule has 11 heteroatoms. The summed E-state index contributed by atoms with van der Waals surface area (Å²) >= 11 is 12.7. The van der Waals surface area contributed by atoms with E-state index in [9.17, 15) is 18.3 Å². The Bertz CT molecular complexity index is 2000. The Morgan fingerprint density at radius 3 is 2.11 bits per heavy atom. The van der Waals surface area contributed by atoms with Gasteiger partial charge in [-0.3, -0.25) is 4.79 Å². The van der Waals surface area contributed by atoms with Gasteiger partial charge in [0.15, 0.2) is 5.78 Å². The topological polar surface area (TPSA) is 105 Å². The minimum absolute atomic E-state index is 0.116. The highest BCUT2D eigenvalue weighted by atomic mass is 35.5. The van der Waals surface area contributed by atoms with E-state index in [1.54, 1.807) is 36.4 Å². The van der Waals surface area contributed by atoms with E-state index in [1.807, 2.05) is 77.0 Å². The van der Waals surface area contributed by atoms with Crippen molar-refractivity contribution in [1.29, 1.82) is 0 Å². The fraction of sp³-hybridized carbons (Fsp3) is 0.0909. The van der Waals surface area contributed by atoms with Crippen LogP contribution in [0.1, 0.15) is 35.1 Å². The third kappa shape index (κ3) is 5.94. The molecule has 1 aliphatic heterocycles. The molecule has 0 fully saturated rings. The molecule has 0 bridgehead atoms. The molecule has 222 valence electrons. The summed E-state index contributed by atoms with van der Waals surface area (Å²) in [6.45, 7) is 1.85. The quantitative estimate of drug-likeness (QED) is 0.168. The van der Waals surface area contributed by atoms with Crippen molar-refractivity contribution in [3.05, 3.63) is 136 Å². The van der Waals surface area contributed by atoms with Gasteiger partial charge in [0.25, 0.3) is 0 Å². The molecule has 8 nitrogen and oxygen atoms in total. The second-order valence-electron chi connectivity index (χ2n) is 10.2. The molecule has 0 unspecified atom stereocenters. The molecule has 0 aliphatic carbocycles. The summed E-state index contributed by atoms with van der Waals surface area (Å²) in [7, 11) is -3.91. The zero-order chi connectivity index (χ0) is 31.0. The van der Waals surface area contributed by atoms with Crippen LogP contribution in [-0.2, 0) is 16.6 Å². The van der Waals surface area contributed by atoms with Gasteiger partial charge in [-0.1, -0.05) is 78.7 Å². The number of anilines is 1. The maximum Gasteiger partial charge on any atom is 0.330 e. The molecule has 0 amide bonds. The average Bonchev–Trinajstić information content (AvgIpc) is 3.55. The number of carbonyl (C=O) groups excluding carboxylic acids is 1. The van der Waals surface area contributed by atoms with Crippen molar-refractivity contribution in [2.45, 2.75) is 19.8 Å². The molecular weight excluding hydrogens is 619 g/mol. The van der Waals surface area contributed by atoms with E-state index in [4.69, 9.17) is 28.2 Å². The van der Waals surface area contributed by atoms with Crippen molar-refractivity contribution >= 4 is 44.9 Å². The third-order valence-corrected chi connectivity index (χ3v) is 9.13. The third-order valence-electron chi connectivity index (χ3n) is 7.28. The summed E-state index contributed by atoms with van der Waals surface area (Å²) in [5.41, 5.74) is 6.27. The highest BCUT2D eigenvalue weighted by Gasteiger charge is 2.28. The van der Waals surface area contributed by atoms with E-state index < -0.39 is 16.1 Å². The lowest BCUT2D eigenvalue weighted by atomic mass is 10.00. The zero-order valence-electron chi connectivity index (χ0n) is 23.4. The van der Waals surface area contributed by atoms with Gasteiger partial charge < -0.3 is 9.67 Å². The van der Waals surface area contributed by atoms with Gasteiger partial charge in [0.05, 0.1) is 22.6 Å². The minimum Gasteiger partial charge on any atom is -0.493 e. The Balaban J connectivity index is 1.32. The molecule has 0 radical (unpaired) electrons. The number of aromatic nitrogens is 2. The van der Waals surface area contributed by atoms with Crippen LogP contribution in [-0.4, -0.2) is 28.9 Å². The van der Waals surface area contributed by atoms with Gasteiger partial charge in [0, 0.05) is 40.9 Å². The molecule has 6 rings (SSSR count). The average molecular weight is 646 g/mol. The predicted octanol–water partition coefficient (Wildman–Crippen LogP) is 7.71. The summed E-state index contributed by atoms with van der Waals surface area (Å²) in [6.07, 6.45) is 3.96. The Labute approximate surface area is 265 Å². The number of Topliss-reactive ketones (excluding diaryl/α,β-unsaturated/α-hetero) is 1. The second-order valence-corrected chi connectivity index (χ2v) is 12.6. The lowest BCUT2D eigenvalue weighted by molar-refractivity contribution is 0.0988. The van der Waals surface area contributed by atoms with Crippen LogP contribution < -0.4 is 9.03 Å². The Hall–Kier alpha value is -4.57. The van der Waals surface area contributed by atoms with Gasteiger partial charge in [0.2, 0.25) is 5.88 Å². The number of carbonyl (C=O) groups is 1. The van der Waals surface area contributed by atoms with E-state index in [0.717, 1.165) is 44.3 Å². The van der Waals surface area contributed by atoms with Crippen molar-refractivity contribution in [2.75, 3.05) is 4.31 Å². The highest BCUT2D eigenvalue weighted by molar-refractivity contribution is 7.91. The predicted molar refractivity (Wildman–Crippen MR) is 174 cm³/mol. The number of aliphatic hydroxyl groups is 1. The monoisotopic (exact) mass is 644 g/mol. The molecule has 1 aromatic heterocycles. The van der Waals surface area contributed by atoms with Gasteiger partial charge in [-0.05, 0) is 59.2 Å². The lowest BCUT2D eigenvalue weighted by Crippen LogP contribution is -2.29. The van der Waals surface area contributed by atoms with Gasteiger partial charge >= 0.3 is 10.2 Å². The summed E-state index contributed by atoms with van der Waals surface area (Å²) in [4.78, 5) is 16.9. The number of imidazole rings is 1. The SMILES string of the molecule is CCC(=O)c1ccc(-c2ccc(Cc3nc(-c4ccc(Cl)cc4Cl)cn3-c3ccc(N4C=C(O)NS4(=O)=O)cc3)cc2)cc1. The number of benzene rings is 4. The van der Waals surface area contributed by atoms with Crippen LogP contribution in [0.4, 0.5) is 5.69 Å². The summed E-state index contributed by atoms with van der Waals surface area (Å²) < 4.78 is 29.6. The number of ketones is 1. The van der Waals surface area contributed by atoms with Crippen molar-refractivity contribution in [3.8, 4) is 28.1 Å². The normalized spacial score (nSPS) is 13.9. The van der Waals surface area contributed by atoms with Crippen LogP contribution in [0.2, 0.25) is 10.0 Å². The van der Waals surface area contributed by atoms with Gasteiger partial charge in [-0.15, -0.1) is 0 Å². The summed E-state index contributed by atoms with van der Waals surface area (Å²) in [5.74, 6) is 0.401. The standard InChI is InChI=1S/C33H26Cl2N4O4S/c1-2-31(40)24-9-7-23(8-10-24)22-5-3-21(4-6-22)17-32-36-30(28-16-11-25(34)18-29(28)35)19-38(32)26-12-14-27(15-13-26)39-20-33(41)37-44(39,42)43/h3-16,18-20,37,41H,2,17H2,1H3. The molecular formula is C33H26Cl2N4O4S. The molecule has 2 heterocycles. The van der Waals surface area contributed by atoms with Crippen molar-refractivity contribution < 1.29 is 18.3 Å². The second kappa shape index (κ2) is 11.8. The number of aliphatic hydroxyl groups excluding tert-OH is 1. The van der Waals surface area contributed by atoms with Crippen LogP contribution >= 0.6 is 23.2 Å². The van der Waals surface area contributed by atoms with E-state index in [-0.39, 0.29) is 5.78 Å². The first-order valence-corrected chi connectivity index (χ1v) is 15.9. The van der Waals surface area contributed by atoms with Crippen molar-refractivity contribution in [1.82, 2.24) is 14.3 Å². The van der Waals surface area contributed by atoms with Crippen LogP contribution in [0.5, 0.6) is 0 Å². The maximum absolute atomic E-state index is 12.3. The summed E-state index contributed by atoms with van der Waals surface area (Å²) in [6, 6.07) is 27.9. The molecule has 5 aromatic rings. The Morgan fingerprint density at radius 1 is 0.886 bits per heavy atom. The fourth-order valence-electron chi connectivity index (χ4n) is 5.01. The first-order chi connectivity index (χ1) is 21.1. The minimum atomic E-state index is -3.91. The molecule has 2 N–H and O–H groups in total. The van der Waals surface area contributed by atoms with Crippen LogP contribution in [0, 0.1) is 0 Å². The smallest absolute Gasteiger partial charge is 0.330 e. The lowest BCUT2D eigenvalue weighted by Gasteiger charge is -2.15. The summed E-state index contributed by atoms with van der Waals surface area (Å²) in [5, 5.41) is 10.7.